The zero-order valence-electron chi connectivity index (χ0n) is 23.1. The summed E-state index contributed by atoms with van der Waals surface area (Å²) in [6.45, 7) is 4.40. The van der Waals surface area contributed by atoms with Gasteiger partial charge in [0.05, 0.1) is 18.1 Å². The van der Waals surface area contributed by atoms with Crippen LogP contribution in [0.25, 0.3) is 0 Å². The van der Waals surface area contributed by atoms with Gasteiger partial charge in [-0.2, -0.15) is 0 Å². The van der Waals surface area contributed by atoms with Crippen LogP contribution in [0.4, 0.5) is 0 Å². The Morgan fingerprint density at radius 3 is 2.15 bits per heavy atom. The van der Waals surface area contributed by atoms with Crippen LogP contribution in [-0.4, -0.2) is 24.5 Å². The fourth-order valence-electron chi connectivity index (χ4n) is 5.12. The predicted octanol–water partition coefficient (Wildman–Crippen LogP) is 5.96. The summed E-state index contributed by atoms with van der Waals surface area (Å²) < 4.78 is 12.1. The number of benzene rings is 3. The molecular weight excluding hydrogens is 500 g/mol. The molecule has 1 heterocycles. The fourth-order valence-corrected chi connectivity index (χ4v) is 5.12. The van der Waals surface area contributed by atoms with Gasteiger partial charge in [-0.15, -0.1) is 0 Å². The molecule has 2 N–H and O–H groups in total. The van der Waals surface area contributed by atoms with E-state index in [0.29, 0.717) is 35.6 Å². The van der Waals surface area contributed by atoms with Crippen LogP contribution in [0, 0.1) is 0 Å². The number of nitrogens with one attached hydrogen (secondary N) is 2. The first-order valence-corrected chi connectivity index (χ1v) is 14.0. The van der Waals surface area contributed by atoms with E-state index in [1.54, 1.807) is 0 Å². The van der Waals surface area contributed by atoms with Gasteiger partial charge in [-0.1, -0.05) is 78.9 Å². The Balaban J connectivity index is 1.42. The van der Waals surface area contributed by atoms with Crippen molar-refractivity contribution in [1.29, 1.82) is 0 Å². The van der Waals surface area contributed by atoms with Crippen LogP contribution in [0.5, 0.6) is 5.75 Å². The monoisotopic (exact) mass is 536 g/mol. The molecule has 5 rings (SSSR count). The Bertz CT molecular complexity index is 1410. The van der Waals surface area contributed by atoms with E-state index in [4.69, 9.17) is 9.47 Å². The maximum absolute atomic E-state index is 13.7. The topological polar surface area (TPSA) is 76.7 Å². The first-order chi connectivity index (χ1) is 19.5. The van der Waals surface area contributed by atoms with E-state index in [9.17, 15) is 9.59 Å². The van der Waals surface area contributed by atoms with Gasteiger partial charge in [0.15, 0.2) is 0 Å². The number of aryl methyl sites for hydroxylation is 1. The lowest BCUT2D eigenvalue weighted by Crippen LogP contribution is -2.37. The van der Waals surface area contributed by atoms with Crippen LogP contribution in [0.15, 0.2) is 107 Å². The smallest absolute Gasteiger partial charge is 0.336 e. The second-order valence-corrected chi connectivity index (χ2v) is 10.4. The van der Waals surface area contributed by atoms with Gasteiger partial charge < -0.3 is 20.1 Å². The highest BCUT2D eigenvalue weighted by Gasteiger charge is 2.39. The van der Waals surface area contributed by atoms with Crippen molar-refractivity contribution in [2.75, 3.05) is 6.61 Å². The van der Waals surface area contributed by atoms with Crippen molar-refractivity contribution >= 4 is 11.9 Å². The third kappa shape index (κ3) is 6.63. The van der Waals surface area contributed by atoms with Crippen molar-refractivity contribution < 1.29 is 19.1 Å². The molecule has 1 saturated carbocycles. The molecule has 6 heteroatoms. The molecule has 0 aromatic heterocycles. The molecule has 0 saturated heterocycles. The van der Waals surface area contributed by atoms with Crippen molar-refractivity contribution in [2.45, 2.75) is 58.1 Å². The summed E-state index contributed by atoms with van der Waals surface area (Å²) in [5, 5.41) is 6.41. The number of dihydropyridines is 1. The molecule has 206 valence electrons. The molecule has 1 unspecified atom stereocenters. The average molecular weight is 537 g/mol. The number of hydrogen-bond donors (Lipinski definition) is 2. The number of carbonyl (C=O) groups is 2. The lowest BCUT2D eigenvalue weighted by atomic mass is 9.79. The van der Waals surface area contributed by atoms with Gasteiger partial charge in [0.1, 0.15) is 12.4 Å². The van der Waals surface area contributed by atoms with Crippen LogP contribution in [0.3, 0.4) is 0 Å². The molecular formula is C34H36N2O4. The molecule has 3 aromatic carbocycles. The number of hydrogen-bond acceptors (Lipinski definition) is 5. The van der Waals surface area contributed by atoms with Crippen molar-refractivity contribution in [3.63, 3.8) is 0 Å². The normalized spacial score (nSPS) is 16.8. The molecule has 1 aliphatic carbocycles. The summed E-state index contributed by atoms with van der Waals surface area (Å²) in [6, 6.07) is 27.9. The van der Waals surface area contributed by atoms with E-state index in [0.717, 1.165) is 36.1 Å². The molecule has 3 aromatic rings. The van der Waals surface area contributed by atoms with E-state index in [-0.39, 0.29) is 18.6 Å². The maximum Gasteiger partial charge on any atom is 0.336 e. The van der Waals surface area contributed by atoms with E-state index < -0.39 is 11.9 Å². The molecule has 1 aliphatic heterocycles. The molecule has 40 heavy (non-hydrogen) atoms. The SMILES string of the molecule is CC1=C(C(=O)NC2CC2)C(c2ccccc2OCc2ccccc2)C(C(=O)OCCCc2ccccc2)=C(C)N1. The maximum atomic E-state index is 13.7. The van der Waals surface area contributed by atoms with E-state index in [1.165, 1.54) is 5.56 Å². The highest BCUT2D eigenvalue weighted by Crippen LogP contribution is 2.43. The summed E-state index contributed by atoms with van der Waals surface area (Å²) in [5.41, 5.74) is 5.34. The molecule has 0 bridgehead atoms. The summed E-state index contributed by atoms with van der Waals surface area (Å²) in [5.74, 6) is -0.596. The second-order valence-electron chi connectivity index (χ2n) is 10.4. The third-order valence-electron chi connectivity index (χ3n) is 7.29. The van der Waals surface area contributed by atoms with Gasteiger partial charge in [-0.3, -0.25) is 4.79 Å². The lowest BCUT2D eigenvalue weighted by molar-refractivity contribution is -0.139. The minimum absolute atomic E-state index is 0.169. The standard InChI is InChI=1S/C34H36N2O4/c1-23-30(33(37)36-27-19-20-27)32(28-17-9-10-18-29(28)40-22-26-14-7-4-8-15-26)31(24(2)35-23)34(38)39-21-11-16-25-12-5-3-6-13-25/h3-10,12-15,17-18,27,32,35H,11,16,19-22H2,1-2H3,(H,36,37). The molecule has 1 atom stereocenters. The molecule has 1 amide bonds. The highest BCUT2D eigenvalue weighted by molar-refractivity contribution is 6.02. The second kappa shape index (κ2) is 12.7. The van der Waals surface area contributed by atoms with Crippen LogP contribution in [0.1, 0.15) is 55.7 Å². The summed E-state index contributed by atoms with van der Waals surface area (Å²) in [7, 11) is 0. The average Bonchev–Trinajstić information content (AvgIpc) is 3.79. The molecule has 1 fully saturated rings. The zero-order chi connectivity index (χ0) is 27.9. The highest BCUT2D eigenvalue weighted by atomic mass is 16.5. The largest absolute Gasteiger partial charge is 0.489 e. The van der Waals surface area contributed by atoms with Crippen LogP contribution < -0.4 is 15.4 Å². The number of rotatable bonds is 11. The van der Waals surface area contributed by atoms with Gasteiger partial charge in [0.25, 0.3) is 0 Å². The first-order valence-electron chi connectivity index (χ1n) is 14.0. The first kappa shape index (κ1) is 27.3. The Morgan fingerprint density at radius 1 is 0.825 bits per heavy atom. The van der Waals surface area contributed by atoms with Gasteiger partial charge in [-0.25, -0.2) is 4.79 Å². The Kier molecular flexibility index (Phi) is 8.65. The molecule has 0 radical (unpaired) electrons. The summed E-state index contributed by atoms with van der Waals surface area (Å²) in [6.07, 6.45) is 3.47. The Hall–Kier alpha value is -4.32. The number of carbonyl (C=O) groups excluding carboxylic acids is 2. The van der Waals surface area contributed by atoms with Crippen molar-refractivity contribution in [3.8, 4) is 5.75 Å². The minimum Gasteiger partial charge on any atom is -0.489 e. The quantitative estimate of drug-likeness (QED) is 0.234. The summed E-state index contributed by atoms with van der Waals surface area (Å²) >= 11 is 0. The molecule has 2 aliphatic rings. The number of allylic oxidation sites excluding steroid dienone is 2. The van der Waals surface area contributed by atoms with Gasteiger partial charge in [0.2, 0.25) is 5.91 Å². The van der Waals surface area contributed by atoms with Gasteiger partial charge in [-0.05, 0) is 56.7 Å². The van der Waals surface area contributed by atoms with Crippen LogP contribution in [0.2, 0.25) is 0 Å². The fraction of sp³-hybridized carbons (Fsp3) is 0.294. The van der Waals surface area contributed by atoms with E-state index >= 15 is 0 Å². The van der Waals surface area contributed by atoms with E-state index in [2.05, 4.69) is 22.8 Å². The van der Waals surface area contributed by atoms with Crippen LogP contribution >= 0.6 is 0 Å². The van der Waals surface area contributed by atoms with Crippen molar-refractivity contribution in [2.24, 2.45) is 0 Å². The lowest BCUT2D eigenvalue weighted by Gasteiger charge is -2.32. The third-order valence-corrected chi connectivity index (χ3v) is 7.29. The minimum atomic E-state index is -0.631. The number of para-hydroxylation sites is 1. The van der Waals surface area contributed by atoms with E-state index in [1.807, 2.05) is 86.6 Å². The number of esters is 1. The molecule has 0 spiro atoms. The Labute approximate surface area is 236 Å². The number of amides is 1. The van der Waals surface area contributed by atoms with Crippen molar-refractivity contribution in [1.82, 2.24) is 10.6 Å². The molecule has 6 nitrogen and oxygen atoms in total. The van der Waals surface area contributed by atoms with Crippen molar-refractivity contribution in [3.05, 3.63) is 124 Å². The zero-order valence-corrected chi connectivity index (χ0v) is 23.1. The Morgan fingerprint density at radius 2 is 1.45 bits per heavy atom. The van der Waals surface area contributed by atoms with Gasteiger partial charge >= 0.3 is 5.97 Å². The predicted molar refractivity (Wildman–Crippen MR) is 155 cm³/mol. The summed E-state index contributed by atoms with van der Waals surface area (Å²) in [4.78, 5) is 27.3. The number of ether oxygens (including phenoxy) is 2. The van der Waals surface area contributed by atoms with Crippen LogP contribution in [-0.2, 0) is 27.4 Å². The van der Waals surface area contributed by atoms with Gasteiger partial charge in [0, 0.05) is 28.6 Å².